The first kappa shape index (κ1) is 13.6. The number of nitro benzene ring substituents is 1. The highest BCUT2D eigenvalue weighted by Crippen LogP contribution is 2.38. The van der Waals surface area contributed by atoms with Crippen molar-refractivity contribution in [3.05, 3.63) is 22.2 Å². The van der Waals surface area contributed by atoms with Gasteiger partial charge in [0, 0.05) is 12.1 Å². The fourth-order valence-electron chi connectivity index (χ4n) is 2.49. The van der Waals surface area contributed by atoms with E-state index in [0.717, 1.165) is 19.3 Å². The molecule has 1 aliphatic carbocycles. The Morgan fingerprint density at radius 2 is 2.24 bits per heavy atom. The maximum atomic E-state index is 11.3. The van der Waals surface area contributed by atoms with Crippen molar-refractivity contribution in [1.29, 1.82) is 0 Å². The molecule has 1 saturated carbocycles. The van der Waals surface area contributed by atoms with Crippen molar-refractivity contribution in [2.75, 3.05) is 23.8 Å². The third-order valence-corrected chi connectivity index (χ3v) is 3.91. The van der Waals surface area contributed by atoms with Crippen LogP contribution >= 0.6 is 0 Å². The predicted octanol–water partition coefficient (Wildman–Crippen LogP) is 1.22. The molecule has 8 heteroatoms. The van der Waals surface area contributed by atoms with Gasteiger partial charge in [-0.25, -0.2) is 0 Å². The Bertz CT molecular complexity index is 612. The van der Waals surface area contributed by atoms with Crippen molar-refractivity contribution in [3.8, 4) is 5.75 Å². The average Bonchev–Trinajstić information content (AvgIpc) is 2.41. The summed E-state index contributed by atoms with van der Waals surface area (Å²) in [4.78, 5) is 22.0. The highest BCUT2D eigenvalue weighted by Gasteiger charge is 2.33. The zero-order valence-corrected chi connectivity index (χ0v) is 11.3. The van der Waals surface area contributed by atoms with E-state index in [0.29, 0.717) is 23.7 Å². The van der Waals surface area contributed by atoms with Gasteiger partial charge in [-0.1, -0.05) is 0 Å². The summed E-state index contributed by atoms with van der Waals surface area (Å²) < 4.78 is 5.19. The Morgan fingerprint density at radius 1 is 1.48 bits per heavy atom. The molecule has 4 N–H and O–H groups in total. The number of amides is 1. The minimum Gasteiger partial charge on any atom is -0.481 e. The van der Waals surface area contributed by atoms with E-state index in [-0.39, 0.29) is 23.7 Å². The molecule has 1 aliphatic heterocycles. The number of nitro groups is 1. The number of anilines is 2. The topological polar surface area (TPSA) is 120 Å². The van der Waals surface area contributed by atoms with Gasteiger partial charge in [0.15, 0.2) is 12.4 Å². The molecule has 21 heavy (non-hydrogen) atoms. The Morgan fingerprint density at radius 3 is 2.86 bits per heavy atom. The molecule has 1 aromatic carbocycles. The van der Waals surface area contributed by atoms with Crippen molar-refractivity contribution < 1.29 is 14.5 Å². The molecule has 0 radical (unpaired) electrons. The average molecular weight is 292 g/mol. The monoisotopic (exact) mass is 292 g/mol. The molecule has 112 valence electrons. The molecule has 3 rings (SSSR count). The van der Waals surface area contributed by atoms with Crippen LogP contribution in [0.15, 0.2) is 12.1 Å². The van der Waals surface area contributed by atoms with Crippen molar-refractivity contribution in [3.63, 3.8) is 0 Å². The lowest BCUT2D eigenvalue weighted by molar-refractivity contribution is -0.384. The van der Waals surface area contributed by atoms with Gasteiger partial charge in [-0.05, 0) is 25.3 Å². The molecular weight excluding hydrogens is 276 g/mol. The highest BCUT2D eigenvalue weighted by atomic mass is 16.6. The maximum Gasteiger partial charge on any atom is 0.296 e. The fraction of sp³-hybridized carbons (Fsp3) is 0.462. The van der Waals surface area contributed by atoms with Crippen LogP contribution in [0, 0.1) is 10.1 Å². The van der Waals surface area contributed by atoms with E-state index >= 15 is 0 Å². The minimum absolute atomic E-state index is 0.0900. The van der Waals surface area contributed by atoms with Crippen LogP contribution in [-0.2, 0) is 4.79 Å². The standard InChI is InChI=1S/C13H16N4O4/c14-13(2-1-3-13)7-15-8-4-9-11(5-10(8)17(19)20)21-6-12(18)16-9/h4-5,15H,1-3,6-7,14H2,(H,16,18). The number of ether oxygens (including phenoxy) is 1. The van der Waals surface area contributed by atoms with E-state index in [9.17, 15) is 14.9 Å². The van der Waals surface area contributed by atoms with Gasteiger partial charge in [-0.3, -0.25) is 14.9 Å². The normalized spacial score (nSPS) is 18.8. The molecule has 0 aromatic heterocycles. The Kier molecular flexibility index (Phi) is 3.17. The first-order chi connectivity index (χ1) is 9.97. The molecule has 1 amide bonds. The number of fused-ring (bicyclic) bond motifs is 1. The van der Waals surface area contributed by atoms with Crippen LogP contribution in [0.25, 0.3) is 0 Å². The molecule has 0 unspecified atom stereocenters. The summed E-state index contributed by atoms with van der Waals surface area (Å²) in [5, 5.41) is 16.8. The zero-order valence-electron chi connectivity index (χ0n) is 11.3. The van der Waals surface area contributed by atoms with E-state index in [2.05, 4.69) is 10.6 Å². The molecule has 0 atom stereocenters. The van der Waals surface area contributed by atoms with Gasteiger partial charge in [-0.15, -0.1) is 0 Å². The SMILES string of the molecule is NC1(CNc2cc3c(cc2[N+](=O)[O-])OCC(=O)N3)CCC1. The smallest absolute Gasteiger partial charge is 0.296 e. The lowest BCUT2D eigenvalue weighted by Gasteiger charge is -2.38. The van der Waals surface area contributed by atoms with Gasteiger partial charge in [-0.2, -0.15) is 0 Å². The number of nitrogens with one attached hydrogen (secondary N) is 2. The minimum atomic E-state index is -0.480. The van der Waals surface area contributed by atoms with Crippen molar-refractivity contribution in [2.45, 2.75) is 24.8 Å². The van der Waals surface area contributed by atoms with E-state index in [1.54, 1.807) is 0 Å². The van der Waals surface area contributed by atoms with Gasteiger partial charge in [0.1, 0.15) is 5.69 Å². The van der Waals surface area contributed by atoms with Crippen LogP contribution in [0.2, 0.25) is 0 Å². The maximum absolute atomic E-state index is 11.3. The molecule has 0 bridgehead atoms. The third kappa shape index (κ3) is 2.62. The van der Waals surface area contributed by atoms with Crippen LogP contribution in [-0.4, -0.2) is 29.5 Å². The molecule has 1 aromatic rings. The lowest BCUT2D eigenvalue weighted by Crippen LogP contribution is -2.52. The van der Waals surface area contributed by atoms with Crippen molar-refractivity contribution >= 4 is 23.0 Å². The van der Waals surface area contributed by atoms with Gasteiger partial charge in [0.05, 0.1) is 16.7 Å². The second-order valence-electron chi connectivity index (χ2n) is 5.53. The summed E-state index contributed by atoms with van der Waals surface area (Å²) >= 11 is 0. The van der Waals surface area contributed by atoms with Crippen LogP contribution < -0.4 is 21.1 Å². The highest BCUT2D eigenvalue weighted by molar-refractivity contribution is 5.96. The summed E-state index contributed by atoms with van der Waals surface area (Å²) in [7, 11) is 0. The number of nitrogens with zero attached hydrogens (tertiary/aromatic N) is 1. The molecule has 1 heterocycles. The number of carbonyl (C=O) groups excluding carboxylic acids is 1. The van der Waals surface area contributed by atoms with Gasteiger partial charge >= 0.3 is 0 Å². The van der Waals surface area contributed by atoms with Crippen molar-refractivity contribution in [2.24, 2.45) is 5.73 Å². The second-order valence-corrected chi connectivity index (χ2v) is 5.53. The number of carbonyl (C=O) groups is 1. The molecule has 2 aliphatic rings. The van der Waals surface area contributed by atoms with Crippen LogP contribution in [0.4, 0.5) is 17.1 Å². The second kappa shape index (κ2) is 4.88. The molecule has 0 spiro atoms. The van der Waals surface area contributed by atoms with Crippen LogP contribution in [0.1, 0.15) is 19.3 Å². The Hall–Kier alpha value is -2.35. The van der Waals surface area contributed by atoms with Crippen LogP contribution in [0.5, 0.6) is 5.75 Å². The first-order valence-electron chi connectivity index (χ1n) is 6.75. The van der Waals surface area contributed by atoms with E-state index in [4.69, 9.17) is 10.5 Å². The van der Waals surface area contributed by atoms with Gasteiger partial charge in [0.25, 0.3) is 11.6 Å². The first-order valence-corrected chi connectivity index (χ1v) is 6.75. The fourth-order valence-corrected chi connectivity index (χ4v) is 2.49. The zero-order chi connectivity index (χ0) is 15.0. The quantitative estimate of drug-likeness (QED) is 0.567. The molecule has 1 fully saturated rings. The van der Waals surface area contributed by atoms with Gasteiger partial charge < -0.3 is 21.1 Å². The summed E-state index contributed by atoms with van der Waals surface area (Å²) in [5.41, 5.74) is 6.48. The Balaban J connectivity index is 1.87. The molecule has 8 nitrogen and oxygen atoms in total. The summed E-state index contributed by atoms with van der Waals surface area (Å²) in [6.07, 6.45) is 2.88. The third-order valence-electron chi connectivity index (χ3n) is 3.91. The Labute approximate surface area is 120 Å². The van der Waals surface area contributed by atoms with Gasteiger partial charge in [0.2, 0.25) is 0 Å². The van der Waals surface area contributed by atoms with E-state index in [1.165, 1.54) is 12.1 Å². The predicted molar refractivity (Wildman–Crippen MR) is 76.5 cm³/mol. The molecule has 0 saturated heterocycles. The number of rotatable bonds is 4. The number of hydrogen-bond acceptors (Lipinski definition) is 6. The number of benzene rings is 1. The van der Waals surface area contributed by atoms with Crippen LogP contribution in [0.3, 0.4) is 0 Å². The van der Waals surface area contributed by atoms with E-state index in [1.807, 2.05) is 0 Å². The lowest BCUT2D eigenvalue weighted by atomic mass is 9.78. The largest absolute Gasteiger partial charge is 0.481 e. The molecular formula is C13H16N4O4. The number of nitrogens with two attached hydrogens (primary N) is 1. The van der Waals surface area contributed by atoms with E-state index < -0.39 is 4.92 Å². The summed E-state index contributed by atoms with van der Waals surface area (Å²) in [6.45, 7) is 0.324. The van der Waals surface area contributed by atoms with Crippen molar-refractivity contribution in [1.82, 2.24) is 0 Å². The number of hydrogen-bond donors (Lipinski definition) is 3. The summed E-state index contributed by atoms with van der Waals surface area (Å²) in [6, 6.07) is 2.84. The summed E-state index contributed by atoms with van der Waals surface area (Å²) in [5.74, 6) is 0.0227.